The Labute approximate surface area is 103 Å². The molecule has 0 aromatic carbocycles. The zero-order chi connectivity index (χ0) is 13.3. The van der Waals surface area contributed by atoms with Gasteiger partial charge in [-0.25, -0.2) is 4.79 Å². The first kappa shape index (κ1) is 13.0. The second kappa shape index (κ2) is 5.07. The van der Waals surface area contributed by atoms with Crippen molar-refractivity contribution in [3.05, 3.63) is 24.0 Å². The smallest absolute Gasteiger partial charge is 0.333 e. The highest BCUT2D eigenvalue weighted by Crippen LogP contribution is 2.26. The number of carboxylic acids is 1. The van der Waals surface area contributed by atoms with Crippen molar-refractivity contribution in [2.24, 2.45) is 0 Å². The molecule has 0 aromatic heterocycles. The molecule has 100 valence electrons. The number of hydrogen-bond acceptors (Lipinski definition) is 6. The Bertz CT molecular complexity index is 393. The first-order chi connectivity index (χ1) is 8.54. The zero-order valence-corrected chi connectivity index (χ0v) is 9.51. The summed E-state index contributed by atoms with van der Waals surface area (Å²) in [6.07, 6.45) is 0.659. The molecule has 7 nitrogen and oxygen atoms in total. The van der Waals surface area contributed by atoms with Crippen LogP contribution in [0.3, 0.4) is 0 Å². The third-order valence-corrected chi connectivity index (χ3v) is 3.01. The minimum Gasteiger partial charge on any atom is -0.478 e. The van der Waals surface area contributed by atoms with Crippen LogP contribution in [-0.4, -0.2) is 62.4 Å². The number of hydrogen-bond donors (Lipinski definition) is 4. The second-order valence-corrected chi connectivity index (χ2v) is 4.22. The molecule has 0 bridgehead atoms. The van der Waals surface area contributed by atoms with Crippen molar-refractivity contribution in [2.45, 2.75) is 31.0 Å². The number of aliphatic hydroxyl groups is 3. The van der Waals surface area contributed by atoms with Gasteiger partial charge in [0.1, 0.15) is 18.3 Å². The Morgan fingerprint density at radius 1 is 1.44 bits per heavy atom. The van der Waals surface area contributed by atoms with E-state index in [0.717, 1.165) is 0 Å². The summed E-state index contributed by atoms with van der Waals surface area (Å²) < 4.78 is 5.29. The third-order valence-electron chi connectivity index (χ3n) is 3.01. The topological polar surface area (TPSA) is 110 Å². The van der Waals surface area contributed by atoms with Crippen molar-refractivity contribution < 1.29 is 30.0 Å². The lowest BCUT2D eigenvalue weighted by Gasteiger charge is -2.28. The van der Waals surface area contributed by atoms with E-state index in [4.69, 9.17) is 14.9 Å². The van der Waals surface area contributed by atoms with Gasteiger partial charge in [0, 0.05) is 18.8 Å². The van der Waals surface area contributed by atoms with Crippen molar-refractivity contribution in [2.75, 3.05) is 6.61 Å². The number of allylic oxidation sites excluding steroid dienone is 1. The molecule has 4 N–H and O–H groups in total. The minimum absolute atomic E-state index is 0.162. The molecule has 2 rings (SSSR count). The van der Waals surface area contributed by atoms with E-state index in [-0.39, 0.29) is 5.57 Å². The van der Waals surface area contributed by atoms with Crippen LogP contribution in [0, 0.1) is 0 Å². The summed E-state index contributed by atoms with van der Waals surface area (Å²) in [4.78, 5) is 12.2. The van der Waals surface area contributed by atoms with Crippen molar-refractivity contribution in [1.29, 1.82) is 0 Å². The highest BCUT2D eigenvalue weighted by atomic mass is 16.6. The molecule has 18 heavy (non-hydrogen) atoms. The highest BCUT2D eigenvalue weighted by Gasteiger charge is 2.44. The van der Waals surface area contributed by atoms with Gasteiger partial charge in [-0.15, -0.1) is 0 Å². The molecule has 0 saturated carbocycles. The largest absolute Gasteiger partial charge is 0.478 e. The van der Waals surface area contributed by atoms with Crippen LogP contribution >= 0.6 is 0 Å². The zero-order valence-electron chi connectivity index (χ0n) is 9.51. The first-order valence-electron chi connectivity index (χ1n) is 5.55. The number of rotatable bonds is 3. The van der Waals surface area contributed by atoms with Gasteiger partial charge in [0.05, 0.1) is 12.2 Å². The predicted octanol–water partition coefficient (Wildman–Crippen LogP) is -1.39. The monoisotopic (exact) mass is 257 g/mol. The second-order valence-electron chi connectivity index (χ2n) is 4.22. The van der Waals surface area contributed by atoms with Crippen LogP contribution in [0.25, 0.3) is 0 Å². The van der Waals surface area contributed by atoms with Crippen LogP contribution in [0.5, 0.6) is 0 Å². The number of carbonyl (C=O) groups is 1. The summed E-state index contributed by atoms with van der Waals surface area (Å²) in [7, 11) is 0. The Kier molecular flexibility index (Phi) is 3.67. The van der Waals surface area contributed by atoms with Gasteiger partial charge in [-0.1, -0.05) is 6.08 Å². The van der Waals surface area contributed by atoms with Gasteiger partial charge in [0.25, 0.3) is 0 Å². The molecule has 4 atom stereocenters. The van der Waals surface area contributed by atoms with Gasteiger partial charge in [-0.3, -0.25) is 0 Å². The Morgan fingerprint density at radius 2 is 2.17 bits per heavy atom. The number of aliphatic hydroxyl groups excluding tert-OH is 3. The van der Waals surface area contributed by atoms with Crippen molar-refractivity contribution in [1.82, 2.24) is 4.90 Å². The Morgan fingerprint density at radius 3 is 2.72 bits per heavy atom. The maximum atomic E-state index is 10.9. The summed E-state index contributed by atoms with van der Waals surface area (Å²) >= 11 is 0. The van der Waals surface area contributed by atoms with Gasteiger partial charge in [-0.05, 0) is 0 Å². The molecule has 2 heterocycles. The van der Waals surface area contributed by atoms with E-state index in [2.05, 4.69) is 0 Å². The summed E-state index contributed by atoms with van der Waals surface area (Å²) in [6.45, 7) is -0.415. The lowest BCUT2D eigenvalue weighted by molar-refractivity contribution is -0.133. The van der Waals surface area contributed by atoms with Crippen LogP contribution in [0.4, 0.5) is 0 Å². The number of nitrogens with zero attached hydrogens (tertiary/aromatic N) is 1. The molecule has 0 radical (unpaired) electrons. The highest BCUT2D eigenvalue weighted by molar-refractivity contribution is 5.87. The number of carboxylic acid groups (broad SMARTS) is 1. The fourth-order valence-corrected chi connectivity index (χ4v) is 2.00. The maximum absolute atomic E-state index is 10.9. The van der Waals surface area contributed by atoms with E-state index >= 15 is 0 Å². The van der Waals surface area contributed by atoms with Crippen molar-refractivity contribution in [3.8, 4) is 0 Å². The minimum atomic E-state index is -1.21. The molecule has 1 saturated heterocycles. The molecule has 0 unspecified atom stereocenters. The molecule has 0 aromatic rings. The Balaban J connectivity index is 2.15. The molecular weight excluding hydrogens is 242 g/mol. The van der Waals surface area contributed by atoms with E-state index in [9.17, 15) is 15.0 Å². The third kappa shape index (κ3) is 2.25. The van der Waals surface area contributed by atoms with Crippen LogP contribution in [0.15, 0.2) is 24.0 Å². The number of ether oxygens (including phenoxy) is 1. The van der Waals surface area contributed by atoms with Crippen LogP contribution in [-0.2, 0) is 9.53 Å². The standard InChI is InChI=1S/C11H15NO6/c13-5-7-8(14)9(15)10(18-7)12-3-1-2-6(4-12)11(16)17/h1,3-4,7-10,13-15H,2,5H2,(H,16,17)/t7-,8+,9-,10-/m1/s1. The van der Waals surface area contributed by atoms with Crippen molar-refractivity contribution in [3.63, 3.8) is 0 Å². The fraction of sp³-hybridized carbons (Fsp3) is 0.545. The molecular formula is C11H15NO6. The normalized spacial score (nSPS) is 35.7. The van der Waals surface area contributed by atoms with Crippen LogP contribution < -0.4 is 0 Å². The lowest BCUT2D eigenvalue weighted by Crippen LogP contribution is -2.40. The molecule has 2 aliphatic heterocycles. The summed E-state index contributed by atoms with van der Waals surface area (Å²) in [5.41, 5.74) is 0.162. The van der Waals surface area contributed by atoms with Gasteiger partial charge >= 0.3 is 5.97 Å². The van der Waals surface area contributed by atoms with E-state index < -0.39 is 37.1 Å². The maximum Gasteiger partial charge on any atom is 0.333 e. The van der Waals surface area contributed by atoms with Crippen LogP contribution in [0.2, 0.25) is 0 Å². The fourth-order valence-electron chi connectivity index (χ4n) is 2.00. The van der Waals surface area contributed by atoms with Gasteiger partial charge < -0.3 is 30.1 Å². The summed E-state index contributed by atoms with van der Waals surface area (Å²) in [6, 6.07) is 0. The lowest BCUT2D eigenvalue weighted by atomic mass is 10.1. The summed E-state index contributed by atoms with van der Waals surface area (Å²) in [5.74, 6) is -1.05. The molecule has 0 aliphatic carbocycles. The Hall–Kier alpha value is -1.41. The molecule has 2 aliphatic rings. The average Bonchev–Trinajstić information content (AvgIpc) is 2.66. The van der Waals surface area contributed by atoms with Crippen molar-refractivity contribution >= 4 is 5.97 Å². The average molecular weight is 257 g/mol. The molecule has 7 heteroatoms. The van der Waals surface area contributed by atoms with E-state index in [1.165, 1.54) is 11.1 Å². The van der Waals surface area contributed by atoms with E-state index in [1.807, 2.05) is 0 Å². The van der Waals surface area contributed by atoms with Crippen LogP contribution in [0.1, 0.15) is 6.42 Å². The molecule has 0 amide bonds. The quantitative estimate of drug-likeness (QED) is 0.493. The predicted molar refractivity (Wildman–Crippen MR) is 59.1 cm³/mol. The van der Waals surface area contributed by atoms with E-state index in [1.54, 1.807) is 12.3 Å². The number of aliphatic carboxylic acids is 1. The van der Waals surface area contributed by atoms with Gasteiger partial charge in [0.15, 0.2) is 6.23 Å². The van der Waals surface area contributed by atoms with Gasteiger partial charge in [-0.2, -0.15) is 0 Å². The van der Waals surface area contributed by atoms with Gasteiger partial charge in [0.2, 0.25) is 0 Å². The SMILES string of the molecule is O=C(O)C1=CN([C@@H]2O[C@H](CO)[C@H](O)[C@H]2O)C=CC1. The molecule has 0 spiro atoms. The molecule has 1 fully saturated rings. The van der Waals surface area contributed by atoms with E-state index in [0.29, 0.717) is 6.42 Å². The summed E-state index contributed by atoms with van der Waals surface area (Å²) in [5, 5.41) is 37.3. The first-order valence-corrected chi connectivity index (χ1v) is 5.55.